The van der Waals surface area contributed by atoms with Gasteiger partial charge in [-0.1, -0.05) is 23.7 Å². The Kier molecular flexibility index (Phi) is 6.37. The maximum Gasteiger partial charge on any atom is 0.407 e. The van der Waals surface area contributed by atoms with Gasteiger partial charge in [0.05, 0.1) is 11.1 Å². The number of primary amides is 1. The summed E-state index contributed by atoms with van der Waals surface area (Å²) in [5, 5.41) is 12.7. The fourth-order valence-electron chi connectivity index (χ4n) is 3.97. The average molecular weight is 484 g/mol. The molecule has 0 saturated carbocycles. The summed E-state index contributed by atoms with van der Waals surface area (Å²) in [4.78, 5) is 46.2. The lowest BCUT2D eigenvalue weighted by atomic mass is 10.0. The molecule has 2 aromatic heterocycles. The zero-order valence-corrected chi connectivity index (χ0v) is 18.7. The number of likely N-dealkylation sites (tertiary alicyclic amines) is 1. The predicted octanol–water partition coefficient (Wildman–Crippen LogP) is 2.87. The number of piperidine rings is 1. The van der Waals surface area contributed by atoms with Crippen molar-refractivity contribution in [2.75, 3.05) is 17.7 Å². The second kappa shape index (κ2) is 9.40. The van der Waals surface area contributed by atoms with E-state index >= 15 is 0 Å². The third-order valence-electron chi connectivity index (χ3n) is 5.61. The first-order valence-corrected chi connectivity index (χ1v) is 10.8. The minimum Gasteiger partial charge on any atom is -0.465 e. The summed E-state index contributed by atoms with van der Waals surface area (Å²) in [6.07, 6.45) is 2.40. The van der Waals surface area contributed by atoms with Crippen molar-refractivity contribution in [3.05, 3.63) is 64.7 Å². The molecule has 1 fully saturated rings. The molecular formula is C22H22ClN7O4. The summed E-state index contributed by atoms with van der Waals surface area (Å²) in [5.74, 6) is 5.56. The van der Waals surface area contributed by atoms with Crippen LogP contribution in [-0.4, -0.2) is 49.1 Å². The molecular weight excluding hydrogens is 462 g/mol. The molecule has 0 unspecified atom stereocenters. The third-order valence-corrected chi connectivity index (χ3v) is 5.83. The third kappa shape index (κ3) is 4.50. The van der Waals surface area contributed by atoms with Gasteiger partial charge in [-0.2, -0.15) is 0 Å². The molecule has 1 aliphatic heterocycles. The quantitative estimate of drug-likeness (QED) is 0.404. The number of nitrogens with two attached hydrogens (primary N) is 2. The molecule has 0 bridgehead atoms. The van der Waals surface area contributed by atoms with Gasteiger partial charge in [0.1, 0.15) is 11.5 Å². The van der Waals surface area contributed by atoms with Gasteiger partial charge in [-0.3, -0.25) is 14.5 Å². The van der Waals surface area contributed by atoms with E-state index < -0.39 is 18.0 Å². The summed E-state index contributed by atoms with van der Waals surface area (Å²) in [7, 11) is 0. The number of nitrogen functional groups attached to an aromatic ring is 1. The van der Waals surface area contributed by atoms with E-state index in [0.717, 1.165) is 17.5 Å². The van der Waals surface area contributed by atoms with Crippen molar-refractivity contribution in [3.63, 3.8) is 0 Å². The molecule has 34 heavy (non-hydrogen) atoms. The molecule has 1 aliphatic rings. The van der Waals surface area contributed by atoms with Crippen molar-refractivity contribution in [3.8, 4) is 11.3 Å². The smallest absolute Gasteiger partial charge is 0.407 e. The Morgan fingerprint density at radius 1 is 1.12 bits per heavy atom. The van der Waals surface area contributed by atoms with Crippen LogP contribution in [0.5, 0.6) is 0 Å². The van der Waals surface area contributed by atoms with Crippen LogP contribution in [0.15, 0.2) is 42.6 Å². The van der Waals surface area contributed by atoms with E-state index in [4.69, 9.17) is 23.2 Å². The van der Waals surface area contributed by atoms with Gasteiger partial charge in [0.25, 0.3) is 11.8 Å². The van der Waals surface area contributed by atoms with E-state index in [1.807, 2.05) is 0 Å². The fourth-order valence-corrected chi connectivity index (χ4v) is 4.08. The molecule has 1 saturated heterocycles. The summed E-state index contributed by atoms with van der Waals surface area (Å²) in [5.41, 5.74) is 6.59. The molecule has 3 aromatic rings. The highest BCUT2D eigenvalue weighted by Crippen LogP contribution is 2.33. The molecule has 0 radical (unpaired) electrons. The zero-order valence-electron chi connectivity index (χ0n) is 17.9. The van der Waals surface area contributed by atoms with Crippen LogP contribution in [0, 0.1) is 0 Å². The van der Waals surface area contributed by atoms with Gasteiger partial charge in [-0.25, -0.2) is 19.4 Å². The van der Waals surface area contributed by atoms with Crippen molar-refractivity contribution in [2.24, 2.45) is 5.73 Å². The second-order valence-electron chi connectivity index (χ2n) is 7.78. The SMILES string of the molecule is NC(=O)c1c(-c2ccc(C(=O)Nc3ccc(Cl)cn3)cc2)nc([C@@H]2CCCCN2C(=O)O)n1N. The van der Waals surface area contributed by atoms with E-state index in [1.165, 1.54) is 11.1 Å². The number of anilines is 1. The first kappa shape index (κ1) is 23.1. The Morgan fingerprint density at radius 3 is 2.47 bits per heavy atom. The van der Waals surface area contributed by atoms with Gasteiger partial charge in [0, 0.05) is 23.9 Å². The monoisotopic (exact) mass is 483 g/mol. The van der Waals surface area contributed by atoms with Crippen molar-refractivity contribution < 1.29 is 19.5 Å². The van der Waals surface area contributed by atoms with Gasteiger partial charge in [0.15, 0.2) is 11.5 Å². The maximum absolute atomic E-state index is 12.5. The van der Waals surface area contributed by atoms with Crippen LogP contribution in [0.4, 0.5) is 10.6 Å². The number of aromatic nitrogens is 3. The van der Waals surface area contributed by atoms with E-state index in [2.05, 4.69) is 15.3 Å². The van der Waals surface area contributed by atoms with E-state index in [0.29, 0.717) is 34.9 Å². The molecule has 11 nitrogen and oxygen atoms in total. The standard InChI is InChI=1S/C22H22ClN7O4/c23-14-8-9-16(26-11-14)27-21(32)13-6-4-12(5-7-13)17-18(19(24)31)30(25)20(28-17)15-3-1-2-10-29(15)22(33)34/h4-9,11,15H,1-3,10,25H2,(H2,24,31)(H,33,34)(H,26,27,32)/t15-/m0/s1. The van der Waals surface area contributed by atoms with Gasteiger partial charge in [-0.15, -0.1) is 0 Å². The second-order valence-corrected chi connectivity index (χ2v) is 8.22. The molecule has 12 heteroatoms. The zero-order chi connectivity index (χ0) is 24.4. The molecule has 1 aromatic carbocycles. The number of carbonyl (C=O) groups is 3. The lowest BCUT2D eigenvalue weighted by Crippen LogP contribution is -2.39. The van der Waals surface area contributed by atoms with Gasteiger partial charge in [-0.05, 0) is 43.5 Å². The lowest BCUT2D eigenvalue weighted by Gasteiger charge is -2.32. The summed E-state index contributed by atoms with van der Waals surface area (Å²) in [6, 6.07) is 8.93. The summed E-state index contributed by atoms with van der Waals surface area (Å²) >= 11 is 5.81. The molecule has 3 amide bonds. The van der Waals surface area contributed by atoms with Crippen LogP contribution in [-0.2, 0) is 0 Å². The number of amides is 3. The van der Waals surface area contributed by atoms with Gasteiger partial charge >= 0.3 is 6.09 Å². The van der Waals surface area contributed by atoms with Crippen molar-refractivity contribution in [2.45, 2.75) is 25.3 Å². The molecule has 176 valence electrons. The average Bonchev–Trinajstić information content (AvgIpc) is 3.17. The normalized spacial score (nSPS) is 15.7. The number of imidazole rings is 1. The number of hydrogen-bond donors (Lipinski definition) is 4. The van der Waals surface area contributed by atoms with Crippen LogP contribution < -0.4 is 16.9 Å². The Morgan fingerprint density at radius 2 is 1.85 bits per heavy atom. The first-order valence-electron chi connectivity index (χ1n) is 10.5. The Labute approximate surface area is 199 Å². The lowest BCUT2D eigenvalue weighted by molar-refractivity contribution is 0.0986. The maximum atomic E-state index is 12.5. The number of carboxylic acid groups (broad SMARTS) is 1. The van der Waals surface area contributed by atoms with Crippen LogP contribution in [0.3, 0.4) is 0 Å². The topological polar surface area (TPSA) is 169 Å². The van der Waals surface area contributed by atoms with Crippen LogP contribution in [0.2, 0.25) is 5.02 Å². The number of rotatable bonds is 5. The number of halogens is 1. The van der Waals surface area contributed by atoms with Gasteiger partial charge < -0.3 is 22.0 Å². The largest absolute Gasteiger partial charge is 0.465 e. The predicted molar refractivity (Wildman–Crippen MR) is 125 cm³/mol. The molecule has 0 aliphatic carbocycles. The highest BCUT2D eigenvalue weighted by Gasteiger charge is 2.34. The highest BCUT2D eigenvalue weighted by atomic mass is 35.5. The van der Waals surface area contributed by atoms with Crippen LogP contribution >= 0.6 is 11.6 Å². The Bertz CT molecular complexity index is 1240. The van der Waals surface area contributed by atoms with Gasteiger partial charge in [0.2, 0.25) is 0 Å². The number of benzene rings is 1. The fraction of sp³-hybridized carbons (Fsp3) is 0.227. The molecule has 0 spiro atoms. The summed E-state index contributed by atoms with van der Waals surface area (Å²) < 4.78 is 1.07. The highest BCUT2D eigenvalue weighted by molar-refractivity contribution is 6.30. The minimum atomic E-state index is -1.08. The number of hydrogen-bond acceptors (Lipinski definition) is 6. The first-order chi connectivity index (χ1) is 16.3. The molecule has 3 heterocycles. The van der Waals surface area contributed by atoms with E-state index in [-0.39, 0.29) is 23.1 Å². The van der Waals surface area contributed by atoms with Crippen LogP contribution in [0.1, 0.15) is 52.0 Å². The summed E-state index contributed by atoms with van der Waals surface area (Å²) in [6.45, 7) is 0.348. The number of pyridine rings is 1. The number of nitrogens with zero attached hydrogens (tertiary/aromatic N) is 4. The minimum absolute atomic E-state index is 0.0477. The molecule has 6 N–H and O–H groups in total. The number of nitrogens with one attached hydrogen (secondary N) is 1. The Balaban J connectivity index is 1.64. The van der Waals surface area contributed by atoms with E-state index in [9.17, 15) is 19.5 Å². The number of carbonyl (C=O) groups excluding carboxylic acids is 2. The van der Waals surface area contributed by atoms with Crippen molar-refractivity contribution in [1.82, 2.24) is 19.5 Å². The Hall–Kier alpha value is -4.12. The van der Waals surface area contributed by atoms with Crippen molar-refractivity contribution in [1.29, 1.82) is 0 Å². The van der Waals surface area contributed by atoms with Crippen LogP contribution in [0.25, 0.3) is 11.3 Å². The van der Waals surface area contributed by atoms with Crippen molar-refractivity contribution >= 4 is 35.3 Å². The molecule has 1 atom stereocenters. The molecule has 4 rings (SSSR count). The van der Waals surface area contributed by atoms with E-state index in [1.54, 1.807) is 36.4 Å².